The lowest BCUT2D eigenvalue weighted by Crippen LogP contribution is -2.46. The molecular formula is C23H21N5O4. The molecule has 4 aromatic rings. The molecule has 162 valence electrons. The van der Waals surface area contributed by atoms with Crippen LogP contribution in [0.2, 0.25) is 0 Å². The van der Waals surface area contributed by atoms with Gasteiger partial charge in [0.1, 0.15) is 11.8 Å². The molecule has 32 heavy (non-hydrogen) atoms. The number of carbonyl (C=O) groups excluding carboxylic acids is 2. The van der Waals surface area contributed by atoms with Crippen molar-refractivity contribution in [3.05, 3.63) is 84.7 Å². The van der Waals surface area contributed by atoms with Gasteiger partial charge < -0.3 is 25.4 Å². The average Bonchev–Trinajstić information content (AvgIpc) is 3.51. The van der Waals surface area contributed by atoms with Crippen molar-refractivity contribution in [2.75, 3.05) is 11.9 Å². The minimum absolute atomic E-state index is 0.0198. The lowest BCUT2D eigenvalue weighted by atomic mass is 10.1. The normalized spacial score (nSPS) is 11.7. The molecule has 9 nitrogen and oxygen atoms in total. The molecule has 0 spiro atoms. The van der Waals surface area contributed by atoms with Gasteiger partial charge in [0.25, 0.3) is 11.8 Å². The molecule has 0 aliphatic heterocycles. The number of hydrogen-bond acceptors (Lipinski definition) is 5. The van der Waals surface area contributed by atoms with Gasteiger partial charge in [-0.2, -0.15) is 5.10 Å². The van der Waals surface area contributed by atoms with Gasteiger partial charge in [0, 0.05) is 24.1 Å². The quantitative estimate of drug-likeness (QED) is 0.306. The number of rotatable bonds is 7. The summed E-state index contributed by atoms with van der Waals surface area (Å²) in [6.07, 6.45) is 3.59. The summed E-state index contributed by atoms with van der Waals surface area (Å²) in [5.74, 6) is -1.33. The van der Waals surface area contributed by atoms with Crippen LogP contribution in [0.5, 0.6) is 5.75 Å². The number of aliphatic hydroxyl groups excluding tert-OH is 1. The van der Waals surface area contributed by atoms with Crippen molar-refractivity contribution in [1.29, 1.82) is 0 Å². The molecule has 4 rings (SSSR count). The second-order valence-corrected chi connectivity index (χ2v) is 7.02. The zero-order valence-corrected chi connectivity index (χ0v) is 16.9. The van der Waals surface area contributed by atoms with E-state index >= 15 is 0 Å². The summed E-state index contributed by atoms with van der Waals surface area (Å²) in [4.78, 5) is 25.3. The Morgan fingerprint density at radius 2 is 1.78 bits per heavy atom. The van der Waals surface area contributed by atoms with Crippen LogP contribution in [0.3, 0.4) is 0 Å². The van der Waals surface area contributed by atoms with E-state index in [4.69, 9.17) is 0 Å². The number of benzene rings is 2. The molecule has 0 aliphatic carbocycles. The SMILES string of the molecule is O=C(N[C@@H](CO)C(=O)Nc1cc(-c2ccccc2)[nH]n1)c1cc(-n2cccc2)ccc1O. The number of aromatic hydroxyl groups is 1. The number of anilines is 1. The Labute approximate surface area is 183 Å². The van der Waals surface area contributed by atoms with Crippen LogP contribution < -0.4 is 10.6 Å². The monoisotopic (exact) mass is 431 g/mol. The van der Waals surface area contributed by atoms with E-state index in [1.807, 2.05) is 42.5 Å². The molecule has 2 aromatic carbocycles. The number of aliphatic hydroxyl groups is 1. The highest BCUT2D eigenvalue weighted by Crippen LogP contribution is 2.22. The van der Waals surface area contributed by atoms with Gasteiger partial charge in [-0.15, -0.1) is 0 Å². The highest BCUT2D eigenvalue weighted by atomic mass is 16.3. The Hall–Kier alpha value is -4.37. The van der Waals surface area contributed by atoms with E-state index in [0.717, 1.165) is 5.56 Å². The van der Waals surface area contributed by atoms with Crippen molar-refractivity contribution >= 4 is 17.6 Å². The van der Waals surface area contributed by atoms with Gasteiger partial charge >= 0.3 is 0 Å². The largest absolute Gasteiger partial charge is 0.507 e. The number of hydrogen-bond donors (Lipinski definition) is 5. The number of carbonyl (C=O) groups is 2. The van der Waals surface area contributed by atoms with E-state index < -0.39 is 24.5 Å². The van der Waals surface area contributed by atoms with Crippen LogP contribution in [-0.2, 0) is 4.79 Å². The molecule has 2 aromatic heterocycles. The van der Waals surface area contributed by atoms with Gasteiger partial charge in [0.2, 0.25) is 0 Å². The van der Waals surface area contributed by atoms with Gasteiger partial charge in [-0.1, -0.05) is 30.3 Å². The van der Waals surface area contributed by atoms with E-state index in [2.05, 4.69) is 20.8 Å². The second-order valence-electron chi connectivity index (χ2n) is 7.02. The number of aromatic amines is 1. The van der Waals surface area contributed by atoms with E-state index in [1.54, 1.807) is 29.1 Å². The average molecular weight is 431 g/mol. The fraction of sp³-hybridized carbons (Fsp3) is 0.0870. The standard InChI is InChI=1S/C23H21N5O4/c29-14-19(23(32)25-21-13-18(26-27-21)15-6-2-1-3-7-15)24-22(31)17-12-16(8-9-20(17)30)28-10-4-5-11-28/h1-13,19,29-30H,14H2,(H,24,31)(H2,25,26,27,32)/t19-/m0/s1. The summed E-state index contributed by atoms with van der Waals surface area (Å²) in [5, 5.41) is 31.7. The first kappa shape index (κ1) is 20.9. The van der Waals surface area contributed by atoms with Crippen LogP contribution >= 0.6 is 0 Å². The van der Waals surface area contributed by atoms with Crippen molar-refractivity contribution in [1.82, 2.24) is 20.1 Å². The zero-order chi connectivity index (χ0) is 22.5. The van der Waals surface area contributed by atoms with Crippen LogP contribution in [0.15, 0.2) is 79.1 Å². The summed E-state index contributed by atoms with van der Waals surface area (Å²) in [5.41, 5.74) is 2.24. The topological polar surface area (TPSA) is 132 Å². The summed E-state index contributed by atoms with van der Waals surface area (Å²) < 4.78 is 1.77. The van der Waals surface area contributed by atoms with E-state index in [1.165, 1.54) is 12.1 Å². The van der Waals surface area contributed by atoms with Crippen LogP contribution in [-0.4, -0.2) is 49.4 Å². The molecule has 5 N–H and O–H groups in total. The van der Waals surface area contributed by atoms with Gasteiger partial charge in [0.15, 0.2) is 5.82 Å². The maximum atomic E-state index is 12.7. The van der Waals surface area contributed by atoms with E-state index in [0.29, 0.717) is 11.4 Å². The highest BCUT2D eigenvalue weighted by Gasteiger charge is 2.23. The number of nitrogens with one attached hydrogen (secondary N) is 3. The maximum absolute atomic E-state index is 12.7. The lowest BCUT2D eigenvalue weighted by Gasteiger charge is -2.16. The van der Waals surface area contributed by atoms with Gasteiger partial charge in [0.05, 0.1) is 17.9 Å². The molecule has 0 saturated heterocycles. The number of phenols is 1. The molecule has 2 heterocycles. The zero-order valence-electron chi connectivity index (χ0n) is 16.9. The number of H-pyrrole nitrogens is 1. The first-order valence-electron chi connectivity index (χ1n) is 9.85. The molecule has 9 heteroatoms. The third kappa shape index (κ3) is 4.52. The van der Waals surface area contributed by atoms with Crippen molar-refractivity contribution in [3.63, 3.8) is 0 Å². The molecule has 0 unspecified atom stereocenters. The molecule has 0 fully saturated rings. The predicted molar refractivity (Wildman–Crippen MR) is 118 cm³/mol. The smallest absolute Gasteiger partial charge is 0.255 e. The lowest BCUT2D eigenvalue weighted by molar-refractivity contribution is -0.118. The first-order valence-corrected chi connectivity index (χ1v) is 9.85. The first-order chi connectivity index (χ1) is 15.5. The number of aromatic nitrogens is 3. The minimum Gasteiger partial charge on any atom is -0.507 e. The molecular weight excluding hydrogens is 410 g/mol. The van der Waals surface area contributed by atoms with Crippen molar-refractivity contribution < 1.29 is 19.8 Å². The van der Waals surface area contributed by atoms with Crippen LogP contribution in [0, 0.1) is 0 Å². The highest BCUT2D eigenvalue weighted by molar-refractivity contribution is 6.02. The second kappa shape index (κ2) is 9.19. The molecule has 0 saturated carbocycles. The van der Waals surface area contributed by atoms with E-state index in [-0.39, 0.29) is 17.1 Å². The minimum atomic E-state index is -1.24. The van der Waals surface area contributed by atoms with Crippen LogP contribution in [0.4, 0.5) is 5.82 Å². The fourth-order valence-corrected chi connectivity index (χ4v) is 3.17. The summed E-state index contributed by atoms with van der Waals surface area (Å²) in [7, 11) is 0. The Kier molecular flexibility index (Phi) is 6.00. The number of amides is 2. The predicted octanol–water partition coefficient (Wildman–Crippen LogP) is 2.30. The molecule has 1 atom stereocenters. The van der Waals surface area contributed by atoms with Crippen molar-refractivity contribution in [3.8, 4) is 22.7 Å². The van der Waals surface area contributed by atoms with Gasteiger partial charge in [-0.3, -0.25) is 14.7 Å². The third-order valence-electron chi connectivity index (χ3n) is 4.85. The van der Waals surface area contributed by atoms with Gasteiger partial charge in [-0.25, -0.2) is 0 Å². The number of phenolic OH excluding ortho intramolecular Hbond substituents is 1. The molecule has 0 bridgehead atoms. The summed E-state index contributed by atoms with van der Waals surface area (Å²) >= 11 is 0. The Bertz CT molecular complexity index is 1220. The molecule has 0 radical (unpaired) electrons. The molecule has 2 amide bonds. The van der Waals surface area contributed by atoms with Gasteiger partial charge in [-0.05, 0) is 35.9 Å². The Morgan fingerprint density at radius 1 is 1.03 bits per heavy atom. The van der Waals surface area contributed by atoms with E-state index in [9.17, 15) is 19.8 Å². The van der Waals surface area contributed by atoms with Crippen molar-refractivity contribution in [2.45, 2.75) is 6.04 Å². The van der Waals surface area contributed by atoms with Crippen LogP contribution in [0.25, 0.3) is 16.9 Å². The maximum Gasteiger partial charge on any atom is 0.255 e. The Morgan fingerprint density at radius 3 is 2.50 bits per heavy atom. The summed E-state index contributed by atoms with van der Waals surface area (Å²) in [6.45, 7) is -0.633. The Balaban J connectivity index is 1.45. The third-order valence-corrected chi connectivity index (χ3v) is 4.85. The number of nitrogens with zero attached hydrogens (tertiary/aromatic N) is 2. The fourth-order valence-electron chi connectivity index (χ4n) is 3.17. The van der Waals surface area contributed by atoms with Crippen LogP contribution in [0.1, 0.15) is 10.4 Å². The van der Waals surface area contributed by atoms with Crippen molar-refractivity contribution in [2.24, 2.45) is 0 Å². The molecule has 0 aliphatic rings. The summed E-state index contributed by atoms with van der Waals surface area (Å²) in [6, 6.07) is 18.1.